The van der Waals surface area contributed by atoms with E-state index in [1.165, 1.54) is 27.9 Å². The molecule has 1 fully saturated rings. The molecule has 0 atom stereocenters. The van der Waals surface area contributed by atoms with E-state index in [1.54, 1.807) is 18.8 Å². The minimum Gasteiger partial charge on any atom is -0.480 e. The zero-order valence-corrected chi connectivity index (χ0v) is 23.4. The number of thiazole rings is 2. The van der Waals surface area contributed by atoms with Crippen molar-refractivity contribution >= 4 is 85.1 Å². The second-order valence-corrected chi connectivity index (χ2v) is 12.3. The van der Waals surface area contributed by atoms with Crippen LogP contribution in [0.1, 0.15) is 13.8 Å². The number of carbonyl (C=O) groups is 2. The molecule has 14 heteroatoms. The highest BCUT2D eigenvalue weighted by Gasteiger charge is 2.31. The number of carboxylic acid groups (broad SMARTS) is 1. The number of carboxylic acids is 1. The Labute approximate surface area is 220 Å². The Bertz CT molecular complexity index is 1700. The lowest BCUT2D eigenvalue weighted by molar-refractivity contribution is -0.137. The molecule has 2 aromatic rings. The Kier molecular flexibility index (Phi) is 7.03. The topological polar surface area (TPSA) is 105 Å². The van der Waals surface area contributed by atoms with Gasteiger partial charge in [0.1, 0.15) is 29.6 Å². The van der Waals surface area contributed by atoms with Gasteiger partial charge in [-0.15, -0.1) is 22.7 Å². The van der Waals surface area contributed by atoms with Crippen molar-refractivity contribution in [2.24, 2.45) is 7.05 Å². The fraction of sp³-hybridized carbons (Fsp3) is 0.286. The van der Waals surface area contributed by atoms with Gasteiger partial charge < -0.3 is 14.6 Å². The van der Waals surface area contributed by atoms with Gasteiger partial charge in [-0.1, -0.05) is 35.7 Å². The zero-order chi connectivity index (χ0) is 25.8. The van der Waals surface area contributed by atoms with Crippen LogP contribution in [-0.4, -0.2) is 54.3 Å². The summed E-state index contributed by atoms with van der Waals surface area (Å²) < 4.78 is 4.06. The van der Waals surface area contributed by atoms with Crippen LogP contribution in [0.5, 0.6) is 0 Å². The van der Waals surface area contributed by atoms with Crippen molar-refractivity contribution in [2.45, 2.75) is 20.4 Å². The molecule has 1 saturated heterocycles. The second kappa shape index (κ2) is 9.58. The Morgan fingerprint density at radius 3 is 2.31 bits per heavy atom. The molecular formula is C21H20N4O5S5. The van der Waals surface area contributed by atoms with E-state index in [4.69, 9.17) is 12.2 Å². The summed E-state index contributed by atoms with van der Waals surface area (Å²) in [5.41, 5.74) is 1.03. The summed E-state index contributed by atoms with van der Waals surface area (Å²) in [4.78, 5) is 54.1. The largest absolute Gasteiger partial charge is 0.480 e. The number of thiocarbonyl (C=S) groups is 1. The quantitative estimate of drug-likeness (QED) is 0.547. The van der Waals surface area contributed by atoms with Crippen molar-refractivity contribution in [1.82, 2.24) is 18.9 Å². The minimum atomic E-state index is -1.22. The Hall–Kier alpha value is -2.39. The van der Waals surface area contributed by atoms with E-state index in [9.17, 15) is 24.3 Å². The lowest BCUT2D eigenvalue weighted by Gasteiger charge is -2.14. The van der Waals surface area contributed by atoms with Gasteiger partial charge in [0, 0.05) is 26.8 Å². The first-order chi connectivity index (χ1) is 16.4. The van der Waals surface area contributed by atoms with Crippen LogP contribution in [0, 0.1) is 9.20 Å². The number of amides is 1. The molecule has 0 spiro atoms. The van der Waals surface area contributed by atoms with E-state index in [-0.39, 0.29) is 19.7 Å². The highest BCUT2D eigenvalue weighted by Crippen LogP contribution is 2.33. The molecule has 2 aromatic heterocycles. The third-order valence-corrected chi connectivity index (χ3v) is 10.9. The van der Waals surface area contributed by atoms with Crippen LogP contribution in [-0.2, 0) is 23.2 Å². The zero-order valence-electron chi connectivity index (χ0n) is 19.3. The van der Waals surface area contributed by atoms with Crippen LogP contribution in [0.15, 0.2) is 31.8 Å². The van der Waals surface area contributed by atoms with Gasteiger partial charge in [0.05, 0.1) is 9.56 Å². The van der Waals surface area contributed by atoms with Gasteiger partial charge in [-0.2, -0.15) is 0 Å². The predicted octanol–water partition coefficient (Wildman–Crippen LogP) is 1.19. The third-order valence-electron chi connectivity index (χ3n) is 5.44. The van der Waals surface area contributed by atoms with E-state index in [0.29, 0.717) is 13.5 Å². The van der Waals surface area contributed by atoms with Crippen LogP contribution < -0.4 is 20.3 Å². The maximum absolute atomic E-state index is 13.3. The Morgan fingerprint density at radius 2 is 1.77 bits per heavy atom. The summed E-state index contributed by atoms with van der Waals surface area (Å²) in [5, 5.41) is 12.4. The number of thioether (sulfide) groups is 2. The number of hydrogen-bond acceptors (Lipinski definition) is 10. The van der Waals surface area contributed by atoms with Gasteiger partial charge in [-0.3, -0.25) is 28.6 Å². The van der Waals surface area contributed by atoms with Crippen molar-refractivity contribution in [3.05, 3.63) is 61.3 Å². The van der Waals surface area contributed by atoms with E-state index in [1.807, 2.05) is 37.3 Å². The average Bonchev–Trinajstić information content (AvgIpc) is 3.46. The number of nitrogens with zero attached hydrogens (tertiary/aromatic N) is 4. The van der Waals surface area contributed by atoms with Gasteiger partial charge in [0.2, 0.25) is 0 Å². The van der Waals surface area contributed by atoms with Crippen molar-refractivity contribution in [2.75, 3.05) is 14.1 Å². The van der Waals surface area contributed by atoms with Crippen LogP contribution in [0.3, 0.4) is 0 Å². The lowest BCUT2D eigenvalue weighted by Crippen LogP contribution is -2.32. The number of aliphatic carboxylic acids is 1. The summed E-state index contributed by atoms with van der Waals surface area (Å²) in [6, 6.07) is 0. The molecule has 2 aliphatic heterocycles. The first-order valence-electron chi connectivity index (χ1n) is 10.1. The lowest BCUT2D eigenvalue weighted by atomic mass is 10.3. The molecule has 1 amide bonds. The molecule has 0 saturated carbocycles. The summed E-state index contributed by atoms with van der Waals surface area (Å²) in [6.45, 7) is 3.23. The normalized spacial score (nSPS) is 20.8. The van der Waals surface area contributed by atoms with Crippen LogP contribution in [0.25, 0.3) is 10.5 Å². The molecule has 184 valence electrons. The van der Waals surface area contributed by atoms with Crippen molar-refractivity contribution < 1.29 is 14.7 Å². The Balaban J connectivity index is 2.07. The number of rotatable bonds is 3. The van der Waals surface area contributed by atoms with Crippen molar-refractivity contribution in [3.8, 4) is 0 Å². The van der Waals surface area contributed by atoms with E-state index < -0.39 is 24.0 Å². The number of carbonyl (C=O) groups excluding carboxylic acids is 1. The highest BCUT2D eigenvalue weighted by atomic mass is 32.2. The van der Waals surface area contributed by atoms with E-state index in [0.717, 1.165) is 44.0 Å². The molecule has 0 aliphatic carbocycles. The molecular weight excluding hydrogens is 549 g/mol. The van der Waals surface area contributed by atoms with Crippen LogP contribution in [0.2, 0.25) is 0 Å². The van der Waals surface area contributed by atoms with Gasteiger partial charge in [0.15, 0.2) is 0 Å². The molecule has 9 nitrogen and oxygen atoms in total. The first-order valence-corrected chi connectivity index (χ1v) is 13.8. The van der Waals surface area contributed by atoms with Gasteiger partial charge in [-0.25, -0.2) is 0 Å². The van der Waals surface area contributed by atoms with Crippen LogP contribution >= 0.6 is 58.4 Å². The monoisotopic (exact) mass is 568 g/mol. The first kappa shape index (κ1) is 25.7. The number of allylic oxidation sites excluding steroid dienone is 2. The molecule has 0 bridgehead atoms. The van der Waals surface area contributed by atoms with Crippen LogP contribution in [0.4, 0.5) is 0 Å². The van der Waals surface area contributed by atoms with Crippen molar-refractivity contribution in [3.63, 3.8) is 0 Å². The minimum absolute atomic E-state index is 0.198. The number of hydrogen-bond donors (Lipinski definition) is 1. The molecule has 35 heavy (non-hydrogen) atoms. The molecule has 1 N–H and O–H groups in total. The van der Waals surface area contributed by atoms with E-state index in [2.05, 4.69) is 0 Å². The van der Waals surface area contributed by atoms with E-state index >= 15 is 0 Å². The molecule has 2 aliphatic rings. The maximum Gasteiger partial charge on any atom is 0.323 e. The van der Waals surface area contributed by atoms with Gasteiger partial charge >= 0.3 is 5.97 Å². The summed E-state index contributed by atoms with van der Waals surface area (Å²) >= 11 is 9.94. The molecule has 4 rings (SSSR count). The fourth-order valence-corrected chi connectivity index (χ4v) is 8.06. The number of aromatic nitrogens is 2. The summed E-state index contributed by atoms with van der Waals surface area (Å²) in [7, 11) is 5.05. The molecule has 0 aromatic carbocycles. The second-order valence-electron chi connectivity index (χ2n) is 7.78. The van der Waals surface area contributed by atoms with Crippen molar-refractivity contribution in [1.29, 1.82) is 0 Å². The maximum atomic E-state index is 13.3. The van der Waals surface area contributed by atoms with Gasteiger partial charge in [0.25, 0.3) is 17.0 Å². The smallest absolute Gasteiger partial charge is 0.323 e. The summed E-state index contributed by atoms with van der Waals surface area (Å²) in [5.74, 6) is -1.62. The SMILES string of the molecule is CC1=CSC(=C/C(C)=c2/s/c(=c3/s/c(=C4/SC(=S)N(C)C4=O)n(CC(=O)O)c3=O)n(C)c2=O)N1C. The standard InChI is InChI=1S/C21H20N4O5S5/c1-9(6-11-22(3)10(2)8-32-11)13-16(28)23(4)19(33-13)15-18(30)25(7-12(26)27)20(34-15)14-17(29)24(5)21(31)35-14/h6,8H,7H2,1-5H3,(H,26,27)/b11-6?,13-9+,19-15+,20-14+. The average molecular weight is 569 g/mol. The fourth-order valence-electron chi connectivity index (χ4n) is 3.32. The molecule has 0 unspecified atom stereocenters. The molecule has 0 radical (unpaired) electrons. The van der Waals surface area contributed by atoms with Gasteiger partial charge in [-0.05, 0) is 30.9 Å². The highest BCUT2D eigenvalue weighted by molar-refractivity contribution is 8.30. The Morgan fingerprint density at radius 1 is 1.09 bits per heavy atom. The molecule has 4 heterocycles. The third kappa shape index (κ3) is 4.48. The summed E-state index contributed by atoms with van der Waals surface area (Å²) in [6.07, 6.45) is 1.93. The predicted molar refractivity (Wildman–Crippen MR) is 145 cm³/mol.